The number of carboxylic acids is 1. The first kappa shape index (κ1) is 15.2. The summed E-state index contributed by atoms with van der Waals surface area (Å²) >= 11 is 0. The van der Waals surface area contributed by atoms with Gasteiger partial charge in [0, 0.05) is 6.04 Å². The fourth-order valence-corrected chi connectivity index (χ4v) is 2.92. The van der Waals surface area contributed by atoms with Crippen LogP contribution < -0.4 is 10.5 Å². The minimum atomic E-state index is -3.77. The van der Waals surface area contributed by atoms with E-state index in [2.05, 4.69) is 11.3 Å². The maximum atomic E-state index is 12.0. The van der Waals surface area contributed by atoms with Crippen LogP contribution in [0.4, 0.5) is 5.69 Å². The largest absolute Gasteiger partial charge is 0.478 e. The van der Waals surface area contributed by atoms with Gasteiger partial charge in [0.05, 0.1) is 11.3 Å². The Morgan fingerprint density at radius 1 is 1.58 bits per heavy atom. The zero-order chi connectivity index (χ0) is 14.6. The van der Waals surface area contributed by atoms with Gasteiger partial charge in [-0.2, -0.15) is 0 Å². The number of anilines is 1. The summed E-state index contributed by atoms with van der Waals surface area (Å²) in [5.41, 5.74) is 5.43. The van der Waals surface area contributed by atoms with Crippen molar-refractivity contribution in [1.82, 2.24) is 4.72 Å². The molecule has 0 aromatic heterocycles. The van der Waals surface area contributed by atoms with Crippen molar-refractivity contribution in [3.05, 3.63) is 36.4 Å². The smallest absolute Gasteiger partial charge is 0.335 e. The summed E-state index contributed by atoms with van der Waals surface area (Å²) in [6, 6.07) is 3.18. The third kappa shape index (κ3) is 3.80. The zero-order valence-corrected chi connectivity index (χ0v) is 11.3. The number of aromatic carboxylic acids is 1. The van der Waals surface area contributed by atoms with Crippen molar-refractivity contribution >= 4 is 21.7 Å². The molecule has 1 atom stereocenters. The molecule has 0 aliphatic heterocycles. The number of nitrogen functional groups attached to an aromatic ring is 1. The normalized spacial score (nSPS) is 12.9. The second-order valence-corrected chi connectivity index (χ2v) is 5.79. The van der Waals surface area contributed by atoms with Gasteiger partial charge in [-0.1, -0.05) is 6.08 Å². The predicted octanol–water partition coefficient (Wildman–Crippen LogP) is 1.21. The average Bonchev–Trinajstić information content (AvgIpc) is 2.27. The third-order valence-corrected chi connectivity index (χ3v) is 4.09. The van der Waals surface area contributed by atoms with E-state index in [1.807, 2.05) is 0 Å². The molecule has 0 aliphatic rings. The maximum Gasteiger partial charge on any atom is 0.335 e. The van der Waals surface area contributed by atoms with E-state index in [-0.39, 0.29) is 22.2 Å². The molecule has 0 spiro atoms. The van der Waals surface area contributed by atoms with E-state index in [1.54, 1.807) is 13.0 Å². The summed E-state index contributed by atoms with van der Waals surface area (Å²) in [6.07, 6.45) is 2.08. The molecule has 0 bridgehead atoms. The van der Waals surface area contributed by atoms with Crippen molar-refractivity contribution in [2.45, 2.75) is 24.3 Å². The summed E-state index contributed by atoms with van der Waals surface area (Å²) in [7, 11) is -3.77. The molecule has 0 fully saturated rings. The minimum Gasteiger partial charge on any atom is -0.478 e. The first-order valence-corrected chi connectivity index (χ1v) is 7.02. The Bertz CT molecular complexity index is 596. The molecule has 0 aliphatic carbocycles. The number of carboxylic acid groups (broad SMARTS) is 1. The summed E-state index contributed by atoms with van der Waals surface area (Å²) in [4.78, 5) is 10.6. The SMILES string of the molecule is C=CCC(C)NS(=O)(=O)c1ccc(C(=O)O)cc1N. The Morgan fingerprint density at radius 2 is 2.21 bits per heavy atom. The molecule has 6 nitrogen and oxygen atoms in total. The molecule has 0 saturated carbocycles. The summed E-state index contributed by atoms with van der Waals surface area (Å²) in [5, 5.41) is 8.79. The highest BCUT2D eigenvalue weighted by atomic mass is 32.2. The number of benzene rings is 1. The van der Waals surface area contributed by atoms with Gasteiger partial charge in [-0.15, -0.1) is 6.58 Å². The lowest BCUT2D eigenvalue weighted by Gasteiger charge is -2.14. The lowest BCUT2D eigenvalue weighted by molar-refractivity contribution is 0.0697. The summed E-state index contributed by atoms with van der Waals surface area (Å²) < 4.78 is 26.5. The van der Waals surface area contributed by atoms with Gasteiger partial charge in [0.2, 0.25) is 10.0 Å². The summed E-state index contributed by atoms with van der Waals surface area (Å²) in [5.74, 6) is -1.16. The molecule has 0 saturated heterocycles. The number of carbonyl (C=O) groups is 1. The first-order chi connectivity index (χ1) is 8.77. The number of nitrogens with one attached hydrogen (secondary N) is 1. The fourth-order valence-electron chi connectivity index (χ4n) is 1.55. The third-order valence-electron chi connectivity index (χ3n) is 2.42. The Kier molecular flexibility index (Phi) is 4.68. The lowest BCUT2D eigenvalue weighted by atomic mass is 10.2. The van der Waals surface area contributed by atoms with Crippen LogP contribution in [-0.2, 0) is 10.0 Å². The van der Waals surface area contributed by atoms with Crippen molar-refractivity contribution < 1.29 is 18.3 Å². The first-order valence-electron chi connectivity index (χ1n) is 5.54. The van der Waals surface area contributed by atoms with Gasteiger partial charge in [-0.05, 0) is 31.5 Å². The second-order valence-electron chi connectivity index (χ2n) is 4.10. The van der Waals surface area contributed by atoms with Crippen molar-refractivity contribution in [3.63, 3.8) is 0 Å². The van der Waals surface area contributed by atoms with Crippen LogP contribution in [0.3, 0.4) is 0 Å². The van der Waals surface area contributed by atoms with E-state index in [4.69, 9.17) is 10.8 Å². The van der Waals surface area contributed by atoms with Crippen LogP contribution in [0.5, 0.6) is 0 Å². The maximum absolute atomic E-state index is 12.0. The van der Waals surface area contributed by atoms with Gasteiger partial charge in [0.1, 0.15) is 4.90 Å². The van der Waals surface area contributed by atoms with Crippen LogP contribution in [0.1, 0.15) is 23.7 Å². The van der Waals surface area contributed by atoms with Crippen molar-refractivity contribution in [2.24, 2.45) is 0 Å². The number of sulfonamides is 1. The molecule has 7 heteroatoms. The van der Waals surface area contributed by atoms with Crippen LogP contribution >= 0.6 is 0 Å². The quantitative estimate of drug-likeness (QED) is 0.537. The molecule has 4 N–H and O–H groups in total. The molecular weight excluding hydrogens is 268 g/mol. The number of nitrogens with two attached hydrogens (primary N) is 1. The predicted molar refractivity (Wildman–Crippen MR) is 72.4 cm³/mol. The Labute approximate surface area is 112 Å². The molecule has 0 radical (unpaired) electrons. The highest BCUT2D eigenvalue weighted by molar-refractivity contribution is 7.89. The molecule has 1 aromatic rings. The Balaban J connectivity index is 3.08. The van der Waals surface area contributed by atoms with Crippen molar-refractivity contribution in [3.8, 4) is 0 Å². The zero-order valence-electron chi connectivity index (χ0n) is 10.5. The van der Waals surface area contributed by atoms with Crippen LogP contribution in [0.25, 0.3) is 0 Å². The molecule has 1 unspecified atom stereocenters. The van der Waals surface area contributed by atoms with E-state index < -0.39 is 16.0 Å². The number of hydrogen-bond donors (Lipinski definition) is 3. The van der Waals surface area contributed by atoms with Crippen molar-refractivity contribution in [2.75, 3.05) is 5.73 Å². The van der Waals surface area contributed by atoms with Crippen LogP contribution in [0.15, 0.2) is 35.7 Å². The topological polar surface area (TPSA) is 109 Å². The van der Waals surface area contributed by atoms with Crippen LogP contribution in [0.2, 0.25) is 0 Å². The highest BCUT2D eigenvalue weighted by Crippen LogP contribution is 2.20. The van der Waals surface area contributed by atoms with Crippen LogP contribution in [0, 0.1) is 0 Å². The van der Waals surface area contributed by atoms with Gasteiger partial charge in [0.25, 0.3) is 0 Å². The molecule has 0 heterocycles. The van der Waals surface area contributed by atoms with E-state index in [0.717, 1.165) is 6.07 Å². The molecule has 104 valence electrons. The monoisotopic (exact) mass is 284 g/mol. The van der Waals surface area contributed by atoms with Gasteiger partial charge >= 0.3 is 5.97 Å². The van der Waals surface area contributed by atoms with E-state index in [1.165, 1.54) is 12.1 Å². The molecule has 0 amide bonds. The van der Waals surface area contributed by atoms with Crippen LogP contribution in [-0.4, -0.2) is 25.5 Å². The fraction of sp³-hybridized carbons (Fsp3) is 0.250. The Morgan fingerprint density at radius 3 is 2.68 bits per heavy atom. The molecule has 1 aromatic carbocycles. The van der Waals surface area contributed by atoms with Crippen molar-refractivity contribution in [1.29, 1.82) is 0 Å². The standard InChI is InChI=1S/C12H16N2O4S/c1-3-4-8(2)14-19(17,18)11-6-5-9(12(15)16)7-10(11)13/h3,5-8,14H,1,4,13H2,2H3,(H,15,16). The highest BCUT2D eigenvalue weighted by Gasteiger charge is 2.20. The number of hydrogen-bond acceptors (Lipinski definition) is 4. The Hall–Kier alpha value is -1.86. The molecule has 19 heavy (non-hydrogen) atoms. The summed E-state index contributed by atoms with van der Waals surface area (Å²) in [6.45, 7) is 5.22. The van der Waals surface area contributed by atoms with Gasteiger partial charge < -0.3 is 10.8 Å². The lowest BCUT2D eigenvalue weighted by Crippen LogP contribution is -2.32. The second kappa shape index (κ2) is 5.85. The minimum absolute atomic E-state index is 0.0596. The molecular formula is C12H16N2O4S. The van der Waals surface area contributed by atoms with E-state index >= 15 is 0 Å². The average molecular weight is 284 g/mol. The molecule has 1 rings (SSSR count). The van der Waals surface area contributed by atoms with Gasteiger partial charge in [-0.25, -0.2) is 17.9 Å². The van der Waals surface area contributed by atoms with Gasteiger partial charge in [-0.3, -0.25) is 0 Å². The van der Waals surface area contributed by atoms with Gasteiger partial charge in [0.15, 0.2) is 0 Å². The number of rotatable bonds is 6. The van der Waals surface area contributed by atoms with E-state index in [9.17, 15) is 13.2 Å². The van der Waals surface area contributed by atoms with E-state index in [0.29, 0.717) is 6.42 Å².